The Hall–Kier alpha value is -0.610. The second-order valence-electron chi connectivity index (χ2n) is 5.30. The highest BCUT2D eigenvalue weighted by molar-refractivity contribution is 5.75. The van der Waals surface area contributed by atoms with Crippen LogP contribution in [-0.2, 0) is 9.53 Å². The summed E-state index contributed by atoms with van der Waals surface area (Å²) in [6.07, 6.45) is 5.73. The molecular weight excluding hydrogens is 216 g/mol. The molecule has 0 aromatic heterocycles. The Kier molecular flexibility index (Phi) is 6.52. The van der Waals surface area contributed by atoms with Crippen LogP contribution < -0.4 is 11.1 Å². The van der Waals surface area contributed by atoms with Crippen molar-refractivity contribution < 1.29 is 9.53 Å². The fraction of sp³-hybridized carbons (Fsp3) is 0.923. The maximum Gasteiger partial charge on any atom is 0.220 e. The zero-order chi connectivity index (χ0) is 12.6. The lowest BCUT2D eigenvalue weighted by Crippen LogP contribution is -2.39. The molecule has 0 bridgehead atoms. The van der Waals surface area contributed by atoms with Crippen molar-refractivity contribution in [3.8, 4) is 0 Å². The summed E-state index contributed by atoms with van der Waals surface area (Å²) in [5.41, 5.74) is 5.63. The van der Waals surface area contributed by atoms with E-state index >= 15 is 0 Å². The Morgan fingerprint density at radius 3 is 2.65 bits per heavy atom. The summed E-state index contributed by atoms with van der Waals surface area (Å²) in [5, 5.41) is 3.04. The van der Waals surface area contributed by atoms with Crippen LogP contribution in [-0.4, -0.2) is 32.2 Å². The Bertz CT molecular complexity index is 225. The van der Waals surface area contributed by atoms with Crippen LogP contribution in [0.2, 0.25) is 0 Å². The van der Waals surface area contributed by atoms with Gasteiger partial charge in [0.1, 0.15) is 0 Å². The fourth-order valence-corrected chi connectivity index (χ4v) is 2.05. The van der Waals surface area contributed by atoms with E-state index in [4.69, 9.17) is 10.5 Å². The van der Waals surface area contributed by atoms with E-state index in [1.54, 1.807) is 0 Å². The second kappa shape index (κ2) is 7.67. The third-order valence-corrected chi connectivity index (χ3v) is 3.52. The average Bonchev–Trinajstić information content (AvgIpc) is 2.33. The smallest absolute Gasteiger partial charge is 0.220 e. The molecule has 1 saturated heterocycles. The van der Waals surface area contributed by atoms with E-state index in [9.17, 15) is 4.79 Å². The van der Waals surface area contributed by atoms with E-state index in [2.05, 4.69) is 12.2 Å². The zero-order valence-corrected chi connectivity index (χ0v) is 11.0. The SMILES string of the molecule is CC1(CNC(=O)CCCCCN)CCOCC1. The van der Waals surface area contributed by atoms with Crippen molar-refractivity contribution in [2.75, 3.05) is 26.3 Å². The summed E-state index contributed by atoms with van der Waals surface area (Å²) < 4.78 is 5.34. The first-order chi connectivity index (χ1) is 8.16. The minimum atomic E-state index is 0.176. The molecule has 0 unspecified atom stereocenters. The quantitative estimate of drug-likeness (QED) is 0.664. The van der Waals surface area contributed by atoms with E-state index in [0.29, 0.717) is 6.42 Å². The topological polar surface area (TPSA) is 64.4 Å². The molecule has 0 saturated carbocycles. The van der Waals surface area contributed by atoms with Crippen LogP contribution in [0.25, 0.3) is 0 Å². The molecule has 100 valence electrons. The van der Waals surface area contributed by atoms with Gasteiger partial charge in [0.2, 0.25) is 5.91 Å². The van der Waals surface area contributed by atoms with Gasteiger partial charge < -0.3 is 15.8 Å². The number of hydrogen-bond donors (Lipinski definition) is 2. The van der Waals surface area contributed by atoms with Crippen LogP contribution in [0.3, 0.4) is 0 Å². The molecule has 0 radical (unpaired) electrons. The number of rotatable bonds is 7. The summed E-state index contributed by atoms with van der Waals surface area (Å²) in [6, 6.07) is 0. The lowest BCUT2D eigenvalue weighted by atomic mass is 9.82. The molecule has 1 aliphatic rings. The highest BCUT2D eigenvalue weighted by Crippen LogP contribution is 2.28. The molecule has 1 aliphatic heterocycles. The zero-order valence-electron chi connectivity index (χ0n) is 11.0. The van der Waals surface area contributed by atoms with E-state index < -0.39 is 0 Å². The maximum atomic E-state index is 11.6. The molecule has 0 spiro atoms. The van der Waals surface area contributed by atoms with Crippen molar-refractivity contribution in [2.45, 2.75) is 45.4 Å². The number of nitrogens with two attached hydrogens (primary N) is 1. The van der Waals surface area contributed by atoms with Crippen LogP contribution in [0.1, 0.15) is 45.4 Å². The predicted molar refractivity (Wildman–Crippen MR) is 68.7 cm³/mol. The Balaban J connectivity index is 2.10. The molecule has 0 atom stereocenters. The van der Waals surface area contributed by atoms with E-state index in [-0.39, 0.29) is 11.3 Å². The molecule has 17 heavy (non-hydrogen) atoms. The van der Waals surface area contributed by atoms with Gasteiger partial charge in [-0.3, -0.25) is 4.79 Å². The maximum absolute atomic E-state index is 11.6. The molecule has 0 aliphatic carbocycles. The number of hydrogen-bond acceptors (Lipinski definition) is 3. The Morgan fingerprint density at radius 2 is 2.00 bits per heavy atom. The number of nitrogens with one attached hydrogen (secondary N) is 1. The van der Waals surface area contributed by atoms with Crippen molar-refractivity contribution >= 4 is 5.91 Å². The van der Waals surface area contributed by atoms with Crippen molar-refractivity contribution in [1.29, 1.82) is 0 Å². The molecular formula is C13H26N2O2. The average molecular weight is 242 g/mol. The molecule has 0 aromatic carbocycles. The molecule has 1 rings (SSSR count). The van der Waals surface area contributed by atoms with Gasteiger partial charge in [0, 0.05) is 26.2 Å². The standard InChI is InChI=1S/C13H26N2O2/c1-13(6-9-17-10-7-13)11-15-12(16)5-3-2-4-8-14/h2-11,14H2,1H3,(H,15,16). The van der Waals surface area contributed by atoms with Crippen molar-refractivity contribution in [3.63, 3.8) is 0 Å². The first-order valence-corrected chi connectivity index (χ1v) is 6.71. The minimum Gasteiger partial charge on any atom is -0.381 e. The normalized spacial score (nSPS) is 18.9. The second-order valence-corrected chi connectivity index (χ2v) is 5.30. The van der Waals surface area contributed by atoms with Gasteiger partial charge in [-0.1, -0.05) is 13.3 Å². The highest BCUT2D eigenvalue weighted by Gasteiger charge is 2.27. The number of carbonyl (C=O) groups is 1. The summed E-state index contributed by atoms with van der Waals surface area (Å²) >= 11 is 0. The molecule has 3 N–H and O–H groups in total. The van der Waals surface area contributed by atoms with Crippen molar-refractivity contribution in [3.05, 3.63) is 0 Å². The summed E-state index contributed by atoms with van der Waals surface area (Å²) in [7, 11) is 0. The highest BCUT2D eigenvalue weighted by atomic mass is 16.5. The van der Waals surface area contributed by atoms with Gasteiger partial charge in [-0.25, -0.2) is 0 Å². The predicted octanol–water partition coefficient (Wildman–Crippen LogP) is 1.44. The Labute approximate surface area is 104 Å². The number of amides is 1. The van der Waals surface area contributed by atoms with Gasteiger partial charge in [-0.05, 0) is 37.6 Å². The summed E-state index contributed by atoms with van der Waals surface area (Å²) in [4.78, 5) is 11.6. The summed E-state index contributed by atoms with van der Waals surface area (Å²) in [6.45, 7) is 5.38. The van der Waals surface area contributed by atoms with Gasteiger partial charge in [0.15, 0.2) is 0 Å². The van der Waals surface area contributed by atoms with Gasteiger partial charge >= 0.3 is 0 Å². The molecule has 1 heterocycles. The number of carbonyl (C=O) groups excluding carboxylic acids is 1. The van der Waals surface area contributed by atoms with Crippen molar-refractivity contribution in [2.24, 2.45) is 11.1 Å². The monoisotopic (exact) mass is 242 g/mol. The van der Waals surface area contributed by atoms with Gasteiger partial charge in [-0.15, -0.1) is 0 Å². The van der Waals surface area contributed by atoms with E-state index in [1.165, 1.54) is 0 Å². The first-order valence-electron chi connectivity index (χ1n) is 6.71. The van der Waals surface area contributed by atoms with Crippen LogP contribution in [0.5, 0.6) is 0 Å². The molecule has 4 nitrogen and oxygen atoms in total. The first kappa shape index (κ1) is 14.5. The number of ether oxygens (including phenoxy) is 1. The summed E-state index contributed by atoms with van der Waals surface area (Å²) in [5.74, 6) is 0.176. The molecule has 1 fully saturated rings. The van der Waals surface area contributed by atoms with Gasteiger partial charge in [-0.2, -0.15) is 0 Å². The van der Waals surface area contributed by atoms with Crippen molar-refractivity contribution in [1.82, 2.24) is 5.32 Å². The largest absolute Gasteiger partial charge is 0.381 e. The third kappa shape index (κ3) is 6.03. The number of unbranched alkanes of at least 4 members (excludes halogenated alkanes) is 2. The third-order valence-electron chi connectivity index (χ3n) is 3.52. The minimum absolute atomic E-state index is 0.176. The fourth-order valence-electron chi connectivity index (χ4n) is 2.05. The molecule has 4 heteroatoms. The molecule has 0 aromatic rings. The van der Waals surface area contributed by atoms with E-state index in [0.717, 1.165) is 58.4 Å². The van der Waals surface area contributed by atoms with Gasteiger partial charge in [0.25, 0.3) is 0 Å². The van der Waals surface area contributed by atoms with Gasteiger partial charge in [0.05, 0.1) is 0 Å². The van der Waals surface area contributed by atoms with Crippen LogP contribution in [0.15, 0.2) is 0 Å². The van der Waals surface area contributed by atoms with Crippen LogP contribution >= 0.6 is 0 Å². The lowest BCUT2D eigenvalue weighted by molar-refractivity contribution is -0.122. The van der Waals surface area contributed by atoms with E-state index in [1.807, 2.05) is 0 Å². The molecule has 1 amide bonds. The van der Waals surface area contributed by atoms with Crippen LogP contribution in [0.4, 0.5) is 0 Å². The Morgan fingerprint density at radius 1 is 1.29 bits per heavy atom. The van der Waals surface area contributed by atoms with Crippen LogP contribution in [0, 0.1) is 5.41 Å². The lowest BCUT2D eigenvalue weighted by Gasteiger charge is -2.33.